The Hall–Kier alpha value is -2.82. The number of ether oxygens (including phenoxy) is 2. The SMILES string of the molecule is Cc1cc2c(cc1C)C(=O)CC1(CCN(C(=O)COc3cccc(C(C)C)c3)CC1)O2. The van der Waals surface area contributed by atoms with Crippen molar-refractivity contribution in [2.75, 3.05) is 19.7 Å². The first-order chi connectivity index (χ1) is 14.8. The van der Waals surface area contributed by atoms with E-state index >= 15 is 0 Å². The molecule has 1 spiro atoms. The average molecular weight is 422 g/mol. The molecule has 5 nitrogen and oxygen atoms in total. The summed E-state index contributed by atoms with van der Waals surface area (Å²) in [4.78, 5) is 27.3. The molecule has 164 valence electrons. The van der Waals surface area contributed by atoms with Crippen LogP contribution >= 0.6 is 0 Å². The first-order valence-corrected chi connectivity index (χ1v) is 11.1. The number of fused-ring (bicyclic) bond motifs is 1. The molecule has 0 unspecified atom stereocenters. The highest BCUT2D eigenvalue weighted by molar-refractivity contribution is 6.00. The molecule has 0 radical (unpaired) electrons. The van der Waals surface area contributed by atoms with Crippen molar-refractivity contribution in [1.82, 2.24) is 4.90 Å². The molecule has 1 fully saturated rings. The standard InChI is InChI=1S/C26H31NO4/c1-17(2)20-6-5-7-21(14-20)30-16-25(29)27-10-8-26(9-11-27)15-23(28)22-12-18(3)19(4)13-24(22)31-26/h5-7,12-14,17H,8-11,15-16H2,1-4H3. The molecule has 1 saturated heterocycles. The molecule has 5 heteroatoms. The van der Waals surface area contributed by atoms with E-state index in [-0.39, 0.29) is 18.3 Å². The first kappa shape index (κ1) is 21.4. The van der Waals surface area contributed by atoms with Gasteiger partial charge in [-0.05, 0) is 60.7 Å². The van der Waals surface area contributed by atoms with E-state index in [0.717, 1.165) is 16.9 Å². The molecule has 0 aromatic heterocycles. The number of nitrogens with zero attached hydrogens (tertiary/aromatic N) is 1. The number of benzene rings is 2. The smallest absolute Gasteiger partial charge is 0.260 e. The van der Waals surface area contributed by atoms with Gasteiger partial charge in [-0.25, -0.2) is 0 Å². The van der Waals surface area contributed by atoms with E-state index in [0.29, 0.717) is 49.6 Å². The maximum Gasteiger partial charge on any atom is 0.260 e. The van der Waals surface area contributed by atoms with Crippen molar-refractivity contribution in [2.45, 2.75) is 58.5 Å². The Labute approximate surface area is 184 Å². The zero-order valence-corrected chi connectivity index (χ0v) is 18.9. The van der Waals surface area contributed by atoms with Gasteiger partial charge in [0.05, 0.1) is 12.0 Å². The molecule has 1 amide bonds. The second-order valence-electron chi connectivity index (χ2n) is 9.21. The minimum atomic E-state index is -0.505. The van der Waals surface area contributed by atoms with Crippen LogP contribution in [0.1, 0.15) is 66.1 Å². The number of rotatable bonds is 4. The molecule has 0 saturated carbocycles. The van der Waals surface area contributed by atoms with Crippen LogP contribution in [0.5, 0.6) is 11.5 Å². The fraction of sp³-hybridized carbons (Fsp3) is 0.462. The maximum atomic E-state index is 12.8. The summed E-state index contributed by atoms with van der Waals surface area (Å²) in [6.07, 6.45) is 1.68. The van der Waals surface area contributed by atoms with E-state index < -0.39 is 5.60 Å². The fourth-order valence-electron chi connectivity index (χ4n) is 4.39. The van der Waals surface area contributed by atoms with E-state index in [1.165, 1.54) is 5.56 Å². The van der Waals surface area contributed by atoms with Crippen LogP contribution in [0, 0.1) is 13.8 Å². The molecular weight excluding hydrogens is 390 g/mol. The summed E-state index contributed by atoms with van der Waals surface area (Å²) in [7, 11) is 0. The van der Waals surface area contributed by atoms with Gasteiger partial charge in [-0.3, -0.25) is 9.59 Å². The Morgan fingerprint density at radius 1 is 1.13 bits per heavy atom. The van der Waals surface area contributed by atoms with Gasteiger partial charge < -0.3 is 14.4 Å². The van der Waals surface area contributed by atoms with Crippen molar-refractivity contribution in [2.24, 2.45) is 0 Å². The zero-order valence-electron chi connectivity index (χ0n) is 18.9. The molecule has 2 aromatic rings. The highest BCUT2D eigenvalue weighted by atomic mass is 16.5. The molecule has 4 rings (SSSR count). The lowest BCUT2D eigenvalue weighted by molar-refractivity contribution is -0.136. The number of likely N-dealkylation sites (tertiary alicyclic amines) is 1. The highest BCUT2D eigenvalue weighted by Crippen LogP contribution is 2.40. The third kappa shape index (κ3) is 4.46. The summed E-state index contributed by atoms with van der Waals surface area (Å²) in [5.41, 5.74) is 3.59. The van der Waals surface area contributed by atoms with Crippen LogP contribution in [0.3, 0.4) is 0 Å². The van der Waals surface area contributed by atoms with Gasteiger partial charge in [0.2, 0.25) is 0 Å². The number of hydrogen-bond acceptors (Lipinski definition) is 4. The van der Waals surface area contributed by atoms with Gasteiger partial charge in [-0.15, -0.1) is 0 Å². The van der Waals surface area contributed by atoms with Crippen LogP contribution in [-0.2, 0) is 4.79 Å². The molecule has 2 aliphatic rings. The quantitative estimate of drug-likeness (QED) is 0.709. The number of amides is 1. The third-order valence-corrected chi connectivity index (χ3v) is 6.62. The van der Waals surface area contributed by atoms with Crippen molar-refractivity contribution in [3.05, 3.63) is 58.7 Å². The van der Waals surface area contributed by atoms with E-state index in [4.69, 9.17) is 9.47 Å². The number of carbonyl (C=O) groups is 2. The summed E-state index contributed by atoms with van der Waals surface area (Å²) in [5.74, 6) is 1.92. The minimum Gasteiger partial charge on any atom is -0.486 e. The highest BCUT2D eigenvalue weighted by Gasteiger charge is 2.43. The van der Waals surface area contributed by atoms with Crippen LogP contribution in [0.2, 0.25) is 0 Å². The largest absolute Gasteiger partial charge is 0.486 e. The Morgan fingerprint density at radius 3 is 2.55 bits per heavy atom. The molecule has 2 heterocycles. The van der Waals surface area contributed by atoms with Crippen molar-refractivity contribution >= 4 is 11.7 Å². The van der Waals surface area contributed by atoms with Gasteiger partial charge in [-0.2, -0.15) is 0 Å². The number of hydrogen-bond donors (Lipinski definition) is 0. The lowest BCUT2D eigenvalue weighted by atomic mass is 9.82. The molecule has 0 aliphatic carbocycles. The van der Waals surface area contributed by atoms with Gasteiger partial charge >= 0.3 is 0 Å². The van der Waals surface area contributed by atoms with Gasteiger partial charge in [0.15, 0.2) is 12.4 Å². The number of piperidine rings is 1. The normalized spacial score (nSPS) is 17.5. The van der Waals surface area contributed by atoms with Gasteiger partial charge in [0, 0.05) is 25.9 Å². The second-order valence-corrected chi connectivity index (χ2v) is 9.21. The van der Waals surface area contributed by atoms with Crippen LogP contribution in [-0.4, -0.2) is 41.9 Å². The van der Waals surface area contributed by atoms with Crippen molar-refractivity contribution in [3.63, 3.8) is 0 Å². The Bertz CT molecular complexity index is 1000. The number of carbonyl (C=O) groups excluding carboxylic acids is 2. The van der Waals surface area contributed by atoms with Gasteiger partial charge in [0.25, 0.3) is 5.91 Å². The molecule has 31 heavy (non-hydrogen) atoms. The zero-order chi connectivity index (χ0) is 22.2. The summed E-state index contributed by atoms with van der Waals surface area (Å²) >= 11 is 0. The predicted octanol–water partition coefficient (Wildman–Crippen LogP) is 4.83. The van der Waals surface area contributed by atoms with Crippen molar-refractivity contribution < 1.29 is 19.1 Å². The molecule has 0 N–H and O–H groups in total. The van der Waals surface area contributed by atoms with E-state index in [1.54, 1.807) is 0 Å². The van der Waals surface area contributed by atoms with E-state index in [2.05, 4.69) is 19.9 Å². The Morgan fingerprint density at radius 2 is 1.84 bits per heavy atom. The summed E-state index contributed by atoms with van der Waals surface area (Å²) in [6, 6.07) is 11.8. The maximum absolute atomic E-state index is 12.8. The fourth-order valence-corrected chi connectivity index (χ4v) is 4.39. The molecule has 2 aromatic carbocycles. The van der Waals surface area contributed by atoms with Crippen molar-refractivity contribution in [1.29, 1.82) is 0 Å². The second kappa shape index (κ2) is 8.37. The molecule has 0 bridgehead atoms. The summed E-state index contributed by atoms with van der Waals surface area (Å²) in [6.45, 7) is 9.47. The monoisotopic (exact) mass is 421 g/mol. The molecular formula is C26H31NO4. The lowest BCUT2D eigenvalue weighted by Crippen LogP contribution is -2.53. The number of Topliss-reactive ketones (excluding diaryl/α,β-unsaturated/α-hetero) is 1. The predicted molar refractivity (Wildman–Crippen MR) is 120 cm³/mol. The van der Waals surface area contributed by atoms with Crippen molar-refractivity contribution in [3.8, 4) is 11.5 Å². The van der Waals surface area contributed by atoms with Crippen LogP contribution in [0.25, 0.3) is 0 Å². The Kier molecular flexibility index (Phi) is 5.78. The van der Waals surface area contributed by atoms with Gasteiger partial charge in [0.1, 0.15) is 17.1 Å². The van der Waals surface area contributed by atoms with E-state index in [9.17, 15) is 9.59 Å². The average Bonchev–Trinajstić information content (AvgIpc) is 2.74. The number of ketones is 1. The molecule has 0 atom stereocenters. The van der Waals surface area contributed by atoms with Crippen LogP contribution < -0.4 is 9.47 Å². The van der Waals surface area contributed by atoms with Gasteiger partial charge in [-0.1, -0.05) is 26.0 Å². The first-order valence-electron chi connectivity index (χ1n) is 11.1. The topological polar surface area (TPSA) is 55.8 Å². The molecule has 2 aliphatic heterocycles. The summed E-state index contributed by atoms with van der Waals surface area (Å²) in [5, 5.41) is 0. The third-order valence-electron chi connectivity index (χ3n) is 6.62. The lowest BCUT2D eigenvalue weighted by Gasteiger charge is -2.44. The van der Waals surface area contributed by atoms with Crippen LogP contribution in [0.15, 0.2) is 36.4 Å². The number of aryl methyl sites for hydroxylation is 2. The minimum absolute atomic E-state index is 0.0235. The van der Waals surface area contributed by atoms with E-state index in [1.807, 2.05) is 49.1 Å². The van der Waals surface area contributed by atoms with Crippen LogP contribution in [0.4, 0.5) is 0 Å². The Balaban J connectivity index is 1.36. The summed E-state index contributed by atoms with van der Waals surface area (Å²) < 4.78 is 12.1.